The molecule has 1 N–H and O–H groups in total. The molecule has 174 valence electrons. The predicted octanol–water partition coefficient (Wildman–Crippen LogP) is 3.34. The highest BCUT2D eigenvalue weighted by atomic mass is 32.2. The molecule has 0 spiro atoms. The predicted molar refractivity (Wildman–Crippen MR) is 116 cm³/mol. The van der Waals surface area contributed by atoms with E-state index in [9.17, 15) is 26.4 Å². The third-order valence-corrected chi connectivity index (χ3v) is 6.27. The third kappa shape index (κ3) is 5.71. The van der Waals surface area contributed by atoms with Gasteiger partial charge < -0.3 is 15.0 Å². The smallest absolute Gasteiger partial charge is 0.378 e. The van der Waals surface area contributed by atoms with Crippen LogP contribution in [0.1, 0.15) is 12.5 Å². The Labute approximate surface area is 184 Å². The molecule has 0 saturated carbocycles. The summed E-state index contributed by atoms with van der Waals surface area (Å²) >= 11 is 0. The second-order valence-corrected chi connectivity index (χ2v) is 9.28. The number of rotatable bonds is 6. The van der Waals surface area contributed by atoms with Crippen molar-refractivity contribution in [2.45, 2.75) is 19.1 Å². The van der Waals surface area contributed by atoms with E-state index in [4.69, 9.17) is 4.74 Å². The van der Waals surface area contributed by atoms with Gasteiger partial charge in [0.1, 0.15) is 6.04 Å². The minimum Gasteiger partial charge on any atom is -0.378 e. The van der Waals surface area contributed by atoms with Crippen LogP contribution in [0.25, 0.3) is 0 Å². The van der Waals surface area contributed by atoms with Crippen LogP contribution in [0.4, 0.5) is 30.2 Å². The molecule has 1 amide bonds. The zero-order chi connectivity index (χ0) is 23.5. The van der Waals surface area contributed by atoms with E-state index in [1.165, 1.54) is 13.0 Å². The van der Waals surface area contributed by atoms with E-state index in [1.807, 2.05) is 12.1 Å². The van der Waals surface area contributed by atoms with Gasteiger partial charge in [0.25, 0.3) is 0 Å². The number of hydrogen-bond donors (Lipinski definition) is 1. The zero-order valence-corrected chi connectivity index (χ0v) is 18.4. The molecule has 1 heterocycles. The fourth-order valence-electron chi connectivity index (χ4n) is 3.45. The minimum atomic E-state index is -4.65. The summed E-state index contributed by atoms with van der Waals surface area (Å²) in [6.07, 6.45) is -3.80. The molecule has 1 atom stereocenters. The first-order chi connectivity index (χ1) is 15.0. The maximum absolute atomic E-state index is 13.1. The fraction of sp³-hybridized carbons (Fsp3) is 0.381. The van der Waals surface area contributed by atoms with E-state index < -0.39 is 33.7 Å². The Balaban J connectivity index is 1.78. The molecule has 1 aliphatic rings. The molecule has 32 heavy (non-hydrogen) atoms. The van der Waals surface area contributed by atoms with Crippen LogP contribution in [0.5, 0.6) is 0 Å². The molecular weight excluding hydrogens is 447 g/mol. The Hall–Kier alpha value is -2.79. The summed E-state index contributed by atoms with van der Waals surface area (Å²) in [5.41, 5.74) is 0.153. The number of sulfonamides is 1. The molecule has 0 bridgehead atoms. The van der Waals surface area contributed by atoms with Gasteiger partial charge in [0, 0.05) is 24.5 Å². The molecule has 0 radical (unpaired) electrons. The molecule has 2 aromatic rings. The number of alkyl halides is 3. The Morgan fingerprint density at radius 3 is 2.31 bits per heavy atom. The van der Waals surface area contributed by atoms with Gasteiger partial charge in [-0.1, -0.05) is 6.07 Å². The molecule has 1 aliphatic heterocycles. The van der Waals surface area contributed by atoms with Gasteiger partial charge in [-0.25, -0.2) is 8.42 Å². The van der Waals surface area contributed by atoms with Gasteiger partial charge >= 0.3 is 6.18 Å². The van der Waals surface area contributed by atoms with Crippen LogP contribution in [0.3, 0.4) is 0 Å². The average Bonchev–Trinajstić information content (AvgIpc) is 2.73. The van der Waals surface area contributed by atoms with Gasteiger partial charge in [0.05, 0.1) is 30.7 Å². The second kappa shape index (κ2) is 9.37. The molecule has 1 saturated heterocycles. The summed E-state index contributed by atoms with van der Waals surface area (Å²) in [6.45, 7) is 4.09. The van der Waals surface area contributed by atoms with E-state index >= 15 is 0 Å². The standard InChI is InChI=1S/C21H24F3N3O4S/c1-15(27(32(2,29)30)19-5-3-4-16(14-19)21(22,23)24)20(28)25-17-6-8-18(9-7-17)26-10-12-31-13-11-26/h3-9,14-15H,10-13H2,1-2H3,(H,25,28)/t15-/m0/s1. The number of anilines is 3. The highest BCUT2D eigenvalue weighted by Gasteiger charge is 2.34. The summed E-state index contributed by atoms with van der Waals surface area (Å²) in [7, 11) is -4.05. The van der Waals surface area contributed by atoms with Crippen LogP contribution >= 0.6 is 0 Å². The number of nitrogens with one attached hydrogen (secondary N) is 1. The quantitative estimate of drug-likeness (QED) is 0.699. The van der Waals surface area contributed by atoms with Crippen molar-refractivity contribution in [2.24, 2.45) is 0 Å². The lowest BCUT2D eigenvalue weighted by molar-refractivity contribution is -0.137. The molecule has 0 aliphatic carbocycles. The van der Waals surface area contributed by atoms with Crippen molar-refractivity contribution in [2.75, 3.05) is 47.1 Å². The number of halogens is 3. The van der Waals surface area contributed by atoms with Gasteiger partial charge in [0.2, 0.25) is 15.9 Å². The van der Waals surface area contributed by atoms with Crippen molar-refractivity contribution in [3.05, 3.63) is 54.1 Å². The number of nitrogens with zero attached hydrogens (tertiary/aromatic N) is 2. The van der Waals surface area contributed by atoms with E-state index in [0.29, 0.717) is 29.3 Å². The second-order valence-electron chi connectivity index (χ2n) is 7.42. The van der Waals surface area contributed by atoms with Crippen LogP contribution in [-0.2, 0) is 25.7 Å². The molecule has 11 heteroatoms. The first-order valence-electron chi connectivity index (χ1n) is 9.87. The van der Waals surface area contributed by atoms with E-state index in [-0.39, 0.29) is 5.69 Å². The van der Waals surface area contributed by atoms with Crippen molar-refractivity contribution >= 4 is 33.0 Å². The molecule has 7 nitrogen and oxygen atoms in total. The number of carbonyl (C=O) groups excluding carboxylic acids is 1. The maximum atomic E-state index is 13.1. The summed E-state index contributed by atoms with van der Waals surface area (Å²) < 4.78 is 70.0. The molecule has 1 fully saturated rings. The highest BCUT2D eigenvalue weighted by molar-refractivity contribution is 7.92. The van der Waals surface area contributed by atoms with Crippen molar-refractivity contribution in [1.29, 1.82) is 0 Å². The number of hydrogen-bond acceptors (Lipinski definition) is 5. The van der Waals surface area contributed by atoms with Crippen LogP contribution in [-0.4, -0.2) is 52.9 Å². The zero-order valence-electron chi connectivity index (χ0n) is 17.6. The van der Waals surface area contributed by atoms with Crippen LogP contribution < -0.4 is 14.5 Å². The maximum Gasteiger partial charge on any atom is 0.416 e. The molecular formula is C21H24F3N3O4S. The summed E-state index contributed by atoms with van der Waals surface area (Å²) in [5, 5.41) is 2.63. The lowest BCUT2D eigenvalue weighted by atomic mass is 10.1. The van der Waals surface area contributed by atoms with Gasteiger partial charge in [-0.2, -0.15) is 13.2 Å². The highest BCUT2D eigenvalue weighted by Crippen LogP contribution is 2.33. The Morgan fingerprint density at radius 1 is 1.12 bits per heavy atom. The lowest BCUT2D eigenvalue weighted by Gasteiger charge is -2.29. The molecule has 3 rings (SSSR count). The Kier molecular flexibility index (Phi) is 6.99. The molecule has 0 aromatic heterocycles. The van der Waals surface area contributed by atoms with E-state index in [2.05, 4.69) is 10.2 Å². The lowest BCUT2D eigenvalue weighted by Crippen LogP contribution is -2.45. The molecule has 0 unspecified atom stereocenters. The topological polar surface area (TPSA) is 79.0 Å². The van der Waals surface area contributed by atoms with E-state index in [1.54, 1.807) is 12.1 Å². The number of morpholine rings is 1. The van der Waals surface area contributed by atoms with Crippen LogP contribution in [0.15, 0.2) is 48.5 Å². The van der Waals surface area contributed by atoms with Gasteiger partial charge in [0.15, 0.2) is 0 Å². The first-order valence-corrected chi connectivity index (χ1v) is 11.7. The minimum absolute atomic E-state index is 0.243. The largest absolute Gasteiger partial charge is 0.416 e. The average molecular weight is 472 g/mol. The number of amides is 1. The fourth-order valence-corrected chi connectivity index (χ4v) is 4.62. The summed E-state index contributed by atoms with van der Waals surface area (Å²) in [5.74, 6) is -0.674. The van der Waals surface area contributed by atoms with Gasteiger partial charge in [-0.05, 0) is 49.4 Å². The van der Waals surface area contributed by atoms with Gasteiger partial charge in [-0.15, -0.1) is 0 Å². The number of ether oxygens (including phenoxy) is 1. The summed E-state index contributed by atoms with van der Waals surface area (Å²) in [6, 6.07) is 9.61. The Morgan fingerprint density at radius 2 is 1.75 bits per heavy atom. The SMILES string of the molecule is C[C@@H](C(=O)Nc1ccc(N2CCOCC2)cc1)N(c1cccc(C(F)(F)F)c1)S(C)(=O)=O. The van der Waals surface area contributed by atoms with Gasteiger partial charge in [-0.3, -0.25) is 9.10 Å². The van der Waals surface area contributed by atoms with Crippen molar-refractivity contribution < 1.29 is 31.1 Å². The molecule has 2 aromatic carbocycles. The number of benzene rings is 2. The van der Waals surface area contributed by atoms with Crippen molar-refractivity contribution in [1.82, 2.24) is 0 Å². The monoisotopic (exact) mass is 471 g/mol. The van der Waals surface area contributed by atoms with E-state index in [0.717, 1.165) is 37.2 Å². The van der Waals surface area contributed by atoms with Crippen molar-refractivity contribution in [3.63, 3.8) is 0 Å². The summed E-state index contributed by atoms with van der Waals surface area (Å²) in [4.78, 5) is 14.9. The third-order valence-electron chi connectivity index (χ3n) is 5.03. The van der Waals surface area contributed by atoms with Crippen molar-refractivity contribution in [3.8, 4) is 0 Å². The number of carbonyl (C=O) groups is 1. The normalized spacial score (nSPS) is 15.8. The first kappa shape index (κ1) is 23.9. The van der Waals surface area contributed by atoms with Crippen LogP contribution in [0.2, 0.25) is 0 Å². The van der Waals surface area contributed by atoms with Crippen LogP contribution in [0, 0.1) is 0 Å². The Bertz CT molecular complexity index is 1050.